The predicted octanol–water partition coefficient (Wildman–Crippen LogP) is 12.2. The SMILES string of the molecule is CCCCCCCCCCCCCCCCCCC(CCCCCCCCCCCCCCCCC)NC(=O)[C@@H](N)CC(=O)O. The number of rotatable bonds is 37. The number of aliphatic carboxylic acids is 1. The number of nitrogens with one attached hydrogen (secondary N) is 1. The van der Waals surface area contributed by atoms with Gasteiger partial charge in [-0.25, -0.2) is 0 Å². The first-order chi connectivity index (χ1) is 22.0. The average Bonchev–Trinajstić information content (AvgIpc) is 3.02. The van der Waals surface area contributed by atoms with Gasteiger partial charge in [-0.1, -0.05) is 213 Å². The highest BCUT2D eigenvalue weighted by Gasteiger charge is 2.20. The molecule has 5 heteroatoms. The van der Waals surface area contributed by atoms with Crippen molar-refractivity contribution in [2.45, 2.75) is 244 Å². The normalized spacial score (nSPS) is 12.8. The van der Waals surface area contributed by atoms with Crippen molar-refractivity contribution in [1.29, 1.82) is 0 Å². The molecule has 5 nitrogen and oxygen atoms in total. The van der Waals surface area contributed by atoms with Gasteiger partial charge in [0.1, 0.15) is 0 Å². The highest BCUT2D eigenvalue weighted by Crippen LogP contribution is 2.18. The van der Waals surface area contributed by atoms with Crippen molar-refractivity contribution >= 4 is 11.9 Å². The Morgan fingerprint density at radius 2 is 0.711 bits per heavy atom. The zero-order chi connectivity index (χ0) is 33.1. The third kappa shape index (κ3) is 34.1. The fourth-order valence-electron chi connectivity index (χ4n) is 6.58. The molecule has 0 saturated carbocycles. The molecule has 1 unspecified atom stereocenters. The van der Waals surface area contributed by atoms with Gasteiger partial charge < -0.3 is 16.2 Å². The summed E-state index contributed by atoms with van der Waals surface area (Å²) in [7, 11) is 0. The smallest absolute Gasteiger partial charge is 0.305 e. The van der Waals surface area contributed by atoms with Gasteiger partial charge in [-0.15, -0.1) is 0 Å². The molecule has 4 N–H and O–H groups in total. The molecule has 0 aromatic heterocycles. The molecular formula is C40H80N2O3. The summed E-state index contributed by atoms with van der Waals surface area (Å²) in [5, 5.41) is 12.1. The monoisotopic (exact) mass is 637 g/mol. The van der Waals surface area contributed by atoms with Crippen LogP contribution in [0, 0.1) is 0 Å². The molecule has 0 heterocycles. The van der Waals surface area contributed by atoms with Crippen molar-refractivity contribution in [2.75, 3.05) is 0 Å². The van der Waals surface area contributed by atoms with Crippen LogP contribution in [0.3, 0.4) is 0 Å². The molecule has 0 radical (unpaired) electrons. The summed E-state index contributed by atoms with van der Waals surface area (Å²) in [4.78, 5) is 23.5. The highest BCUT2D eigenvalue weighted by atomic mass is 16.4. The van der Waals surface area contributed by atoms with E-state index in [1.165, 1.54) is 186 Å². The quantitative estimate of drug-likeness (QED) is 0.0591. The van der Waals surface area contributed by atoms with Gasteiger partial charge in [-0.3, -0.25) is 9.59 Å². The summed E-state index contributed by atoms with van der Waals surface area (Å²) in [6.45, 7) is 4.56. The zero-order valence-corrected chi connectivity index (χ0v) is 30.5. The van der Waals surface area contributed by atoms with Gasteiger partial charge in [-0.2, -0.15) is 0 Å². The molecule has 0 bridgehead atoms. The van der Waals surface area contributed by atoms with E-state index in [0.717, 1.165) is 25.7 Å². The highest BCUT2D eigenvalue weighted by molar-refractivity contribution is 5.86. The van der Waals surface area contributed by atoms with Crippen molar-refractivity contribution in [2.24, 2.45) is 5.73 Å². The van der Waals surface area contributed by atoms with Gasteiger partial charge in [0, 0.05) is 6.04 Å². The molecule has 0 fully saturated rings. The van der Waals surface area contributed by atoms with E-state index in [9.17, 15) is 9.59 Å². The number of hydrogen-bond donors (Lipinski definition) is 3. The molecular weight excluding hydrogens is 556 g/mol. The van der Waals surface area contributed by atoms with Crippen LogP contribution in [-0.4, -0.2) is 29.1 Å². The maximum atomic E-state index is 12.5. The van der Waals surface area contributed by atoms with Gasteiger partial charge in [0.25, 0.3) is 0 Å². The van der Waals surface area contributed by atoms with E-state index < -0.39 is 12.0 Å². The van der Waals surface area contributed by atoms with Gasteiger partial charge in [0.15, 0.2) is 0 Å². The minimum atomic E-state index is -1.02. The Bertz CT molecular complexity index is 627. The number of carbonyl (C=O) groups excluding carboxylic acids is 1. The van der Waals surface area contributed by atoms with Crippen molar-refractivity contribution in [1.82, 2.24) is 5.32 Å². The molecule has 0 saturated heterocycles. The second-order valence-corrected chi connectivity index (χ2v) is 14.2. The van der Waals surface area contributed by atoms with Crippen LogP contribution in [0.1, 0.15) is 232 Å². The molecule has 0 rings (SSSR count). The maximum absolute atomic E-state index is 12.5. The summed E-state index contributed by atoms with van der Waals surface area (Å²) in [5.41, 5.74) is 5.85. The van der Waals surface area contributed by atoms with Crippen LogP contribution < -0.4 is 11.1 Å². The summed E-state index contributed by atoms with van der Waals surface area (Å²) < 4.78 is 0. The van der Waals surface area contributed by atoms with Crippen molar-refractivity contribution in [3.05, 3.63) is 0 Å². The first kappa shape index (κ1) is 43.9. The zero-order valence-electron chi connectivity index (χ0n) is 30.5. The molecule has 0 aromatic rings. The number of unbranched alkanes of at least 4 members (excludes halogenated alkanes) is 29. The minimum Gasteiger partial charge on any atom is -0.481 e. The minimum absolute atomic E-state index is 0.117. The first-order valence-corrected chi connectivity index (χ1v) is 20.3. The Hall–Kier alpha value is -1.10. The van der Waals surface area contributed by atoms with Crippen molar-refractivity contribution in [3.63, 3.8) is 0 Å². The lowest BCUT2D eigenvalue weighted by atomic mass is 9.99. The lowest BCUT2D eigenvalue weighted by Gasteiger charge is -2.21. The number of carboxylic acid groups (broad SMARTS) is 1. The Morgan fingerprint density at radius 1 is 0.467 bits per heavy atom. The Balaban J connectivity index is 3.92. The molecule has 0 spiro atoms. The van der Waals surface area contributed by atoms with Crippen LogP contribution in [0.5, 0.6) is 0 Å². The largest absolute Gasteiger partial charge is 0.481 e. The van der Waals surface area contributed by atoms with E-state index in [1.807, 2.05) is 0 Å². The van der Waals surface area contributed by atoms with Crippen LogP contribution in [-0.2, 0) is 9.59 Å². The number of amides is 1. The van der Waals surface area contributed by atoms with E-state index in [4.69, 9.17) is 10.8 Å². The summed E-state index contributed by atoms with van der Waals surface area (Å²) in [5.74, 6) is -1.32. The molecule has 0 aromatic carbocycles. The third-order valence-corrected chi connectivity index (χ3v) is 9.64. The van der Waals surface area contributed by atoms with Gasteiger partial charge in [0.05, 0.1) is 12.5 Å². The van der Waals surface area contributed by atoms with Crippen LogP contribution in [0.25, 0.3) is 0 Å². The topological polar surface area (TPSA) is 92.4 Å². The lowest BCUT2D eigenvalue weighted by Crippen LogP contribution is -2.46. The van der Waals surface area contributed by atoms with E-state index in [1.54, 1.807) is 0 Å². The van der Waals surface area contributed by atoms with Crippen LogP contribution in [0.15, 0.2) is 0 Å². The van der Waals surface area contributed by atoms with Crippen molar-refractivity contribution in [3.8, 4) is 0 Å². The van der Waals surface area contributed by atoms with Crippen LogP contribution >= 0.6 is 0 Å². The molecule has 0 aliphatic rings. The fourth-order valence-corrected chi connectivity index (χ4v) is 6.58. The molecule has 45 heavy (non-hydrogen) atoms. The van der Waals surface area contributed by atoms with E-state index >= 15 is 0 Å². The fraction of sp³-hybridized carbons (Fsp3) is 0.950. The van der Waals surface area contributed by atoms with E-state index in [0.29, 0.717) is 0 Å². The molecule has 1 amide bonds. The molecule has 268 valence electrons. The molecule has 0 aliphatic carbocycles. The first-order valence-electron chi connectivity index (χ1n) is 20.3. The standard InChI is InChI=1S/C40H80N2O3/c1-3-5-7-9-11-13-15-17-19-21-23-25-27-29-31-33-35-37(42-40(45)38(41)36-39(43)44)34-32-30-28-26-24-22-20-18-16-14-12-10-8-6-4-2/h37-38H,3-36,41H2,1-2H3,(H,42,45)(H,43,44)/t37?,38-/m0/s1. The Labute approximate surface area is 281 Å². The molecule has 0 aliphatic heterocycles. The summed E-state index contributed by atoms with van der Waals surface area (Å²) >= 11 is 0. The Morgan fingerprint density at radius 3 is 0.956 bits per heavy atom. The van der Waals surface area contributed by atoms with E-state index in [2.05, 4.69) is 19.2 Å². The lowest BCUT2D eigenvalue weighted by molar-refractivity contribution is -0.139. The second kappa shape index (κ2) is 35.7. The predicted molar refractivity (Wildman–Crippen MR) is 196 cm³/mol. The van der Waals surface area contributed by atoms with E-state index in [-0.39, 0.29) is 18.4 Å². The third-order valence-electron chi connectivity index (χ3n) is 9.64. The number of nitrogens with two attached hydrogens (primary N) is 1. The maximum Gasteiger partial charge on any atom is 0.305 e. The second-order valence-electron chi connectivity index (χ2n) is 14.2. The van der Waals surface area contributed by atoms with Crippen molar-refractivity contribution < 1.29 is 14.7 Å². The summed E-state index contributed by atoms with van der Waals surface area (Å²) in [6.07, 6.45) is 43.6. The summed E-state index contributed by atoms with van der Waals surface area (Å²) in [6, 6.07) is -0.845. The Kier molecular flexibility index (Phi) is 34.9. The molecule has 2 atom stereocenters. The average molecular weight is 637 g/mol. The number of carboxylic acids is 1. The number of hydrogen-bond acceptors (Lipinski definition) is 3. The van der Waals surface area contributed by atoms with Gasteiger partial charge >= 0.3 is 5.97 Å². The van der Waals surface area contributed by atoms with Gasteiger partial charge in [-0.05, 0) is 12.8 Å². The van der Waals surface area contributed by atoms with Crippen LogP contribution in [0.2, 0.25) is 0 Å². The van der Waals surface area contributed by atoms with Crippen LogP contribution in [0.4, 0.5) is 0 Å². The van der Waals surface area contributed by atoms with Gasteiger partial charge in [0.2, 0.25) is 5.91 Å². The number of carbonyl (C=O) groups is 2.